The van der Waals surface area contributed by atoms with Gasteiger partial charge in [0.1, 0.15) is 5.68 Å². The molecule has 1 aromatic heterocycles. The molecule has 1 aromatic rings. The van der Waals surface area contributed by atoms with E-state index >= 15 is 0 Å². The zero-order valence-corrected chi connectivity index (χ0v) is 4.94. The topological polar surface area (TPSA) is 17.1 Å². The summed E-state index contributed by atoms with van der Waals surface area (Å²) in [7, 11) is 4.93. The lowest BCUT2D eigenvalue weighted by Crippen LogP contribution is -1.92. The summed E-state index contributed by atoms with van der Waals surface area (Å²) in [5.41, 5.74) is 0.237. The largest absolute Gasteiger partial charge is 0.307 e. The molecule has 0 aromatic carbocycles. The molecule has 1 heterocycles. The molecule has 8 heavy (non-hydrogen) atoms. The van der Waals surface area contributed by atoms with Crippen LogP contribution in [0.4, 0.5) is 0 Å². The van der Waals surface area contributed by atoms with Gasteiger partial charge in [-0.25, -0.2) is 0 Å². The molecule has 0 N–H and O–H groups in total. The van der Waals surface area contributed by atoms with Crippen molar-refractivity contribution in [2.45, 2.75) is 0 Å². The number of rotatable bonds is 1. The van der Waals surface area contributed by atoms with Gasteiger partial charge in [0.2, 0.25) is 0 Å². The molecule has 0 aliphatic carbocycles. The van der Waals surface area contributed by atoms with E-state index < -0.39 is 0 Å². The highest BCUT2D eigenvalue weighted by molar-refractivity contribution is 7.08. The van der Waals surface area contributed by atoms with Crippen LogP contribution in [-0.2, 0) is 0 Å². The van der Waals surface area contributed by atoms with E-state index in [9.17, 15) is 4.79 Å². The molecule has 0 unspecified atom stereocenters. The number of hydrogen-bond acceptors (Lipinski definition) is 2. The van der Waals surface area contributed by atoms with Gasteiger partial charge in [-0.3, -0.25) is 0 Å². The second-order valence-electron chi connectivity index (χ2n) is 1.38. The van der Waals surface area contributed by atoms with Crippen molar-refractivity contribution in [2.75, 3.05) is 0 Å². The van der Waals surface area contributed by atoms with Crippen molar-refractivity contribution < 1.29 is 4.79 Å². The quantitative estimate of drug-likeness (QED) is 0.509. The molecule has 0 spiro atoms. The molecule has 1 nitrogen and oxygen atoms in total. The minimum absolute atomic E-state index is 0.355. The van der Waals surface area contributed by atoms with Gasteiger partial charge in [-0.2, -0.15) is 11.3 Å². The first-order valence-corrected chi connectivity index (χ1v) is 3.07. The standard InChI is InChI=1S/C5H3BOS/c6-5(7)4-1-2-8-3-4/h1-3H. The van der Waals surface area contributed by atoms with Crippen molar-refractivity contribution in [3.8, 4) is 0 Å². The maximum atomic E-state index is 10.3. The summed E-state index contributed by atoms with van der Waals surface area (Å²) in [6.07, 6.45) is 0. The maximum absolute atomic E-state index is 10.3. The van der Waals surface area contributed by atoms with Crippen LogP contribution in [0.15, 0.2) is 16.8 Å². The summed E-state index contributed by atoms with van der Waals surface area (Å²) in [5.74, 6) is 0. The Morgan fingerprint density at radius 2 is 2.50 bits per heavy atom. The van der Waals surface area contributed by atoms with E-state index in [-0.39, 0.29) is 5.68 Å². The minimum Gasteiger partial charge on any atom is -0.307 e. The maximum Gasteiger partial charge on any atom is 0.175 e. The summed E-state index contributed by atoms with van der Waals surface area (Å²) in [6, 6.07) is 1.70. The second-order valence-corrected chi connectivity index (χ2v) is 2.16. The summed E-state index contributed by atoms with van der Waals surface area (Å²) in [4.78, 5) is 10.3. The Morgan fingerprint density at radius 3 is 2.75 bits per heavy atom. The highest BCUT2D eigenvalue weighted by Gasteiger charge is 1.94. The molecule has 0 aliphatic heterocycles. The normalized spacial score (nSPS) is 9.00. The van der Waals surface area contributed by atoms with Gasteiger partial charge < -0.3 is 4.79 Å². The number of carbonyl (C=O) groups excluding carboxylic acids is 1. The van der Waals surface area contributed by atoms with Crippen LogP contribution in [0.1, 0.15) is 10.4 Å². The van der Waals surface area contributed by atoms with Crippen LogP contribution in [0.2, 0.25) is 0 Å². The summed E-state index contributed by atoms with van der Waals surface area (Å²) < 4.78 is 0. The molecular weight excluding hydrogens is 119 g/mol. The minimum atomic E-state index is -0.355. The van der Waals surface area contributed by atoms with Crippen molar-refractivity contribution in [3.05, 3.63) is 22.4 Å². The summed E-state index contributed by atoms with van der Waals surface area (Å²) >= 11 is 1.47. The van der Waals surface area contributed by atoms with Crippen LogP contribution >= 0.6 is 11.3 Å². The lowest BCUT2D eigenvalue weighted by atomic mass is 9.98. The van der Waals surface area contributed by atoms with Crippen LogP contribution in [-0.4, -0.2) is 13.5 Å². The third-order valence-corrected chi connectivity index (χ3v) is 1.49. The Morgan fingerprint density at radius 1 is 1.75 bits per heavy atom. The lowest BCUT2D eigenvalue weighted by Gasteiger charge is -1.80. The van der Waals surface area contributed by atoms with Gasteiger partial charge in [0.25, 0.3) is 0 Å². The first-order valence-electron chi connectivity index (χ1n) is 2.12. The first-order chi connectivity index (χ1) is 3.80. The zero-order chi connectivity index (χ0) is 5.98. The Labute approximate surface area is 52.8 Å². The van der Waals surface area contributed by atoms with Crippen molar-refractivity contribution in [1.82, 2.24) is 0 Å². The molecule has 0 fully saturated rings. The van der Waals surface area contributed by atoms with Crippen LogP contribution in [0.5, 0.6) is 0 Å². The Balaban J connectivity index is 2.93. The Hall–Kier alpha value is -0.565. The molecule has 2 radical (unpaired) electrons. The number of carbonyl (C=O) groups is 1. The fourth-order valence-corrected chi connectivity index (χ4v) is 1.05. The molecule has 0 saturated heterocycles. The molecule has 38 valence electrons. The second kappa shape index (κ2) is 2.14. The lowest BCUT2D eigenvalue weighted by molar-refractivity contribution is 0.108. The zero-order valence-electron chi connectivity index (χ0n) is 4.13. The average Bonchev–Trinajstić information content (AvgIpc) is 2.12. The third kappa shape index (κ3) is 0.982. The van der Waals surface area contributed by atoms with Crippen molar-refractivity contribution in [1.29, 1.82) is 0 Å². The molecule has 3 heteroatoms. The molecule has 0 aliphatic rings. The van der Waals surface area contributed by atoms with Gasteiger partial charge in [-0.15, -0.1) is 0 Å². The van der Waals surface area contributed by atoms with E-state index in [4.69, 9.17) is 7.85 Å². The SMILES string of the molecule is [B]C(=O)c1ccsc1. The Bertz CT molecular complexity index is 180. The van der Waals surface area contributed by atoms with E-state index in [1.165, 1.54) is 11.3 Å². The van der Waals surface area contributed by atoms with Gasteiger partial charge in [-0.1, -0.05) is 0 Å². The molecule has 0 saturated carbocycles. The van der Waals surface area contributed by atoms with Gasteiger partial charge in [0.05, 0.1) is 0 Å². The predicted octanol–water partition coefficient (Wildman–Crippen LogP) is 1.06. The van der Waals surface area contributed by atoms with Crippen LogP contribution in [0.3, 0.4) is 0 Å². The van der Waals surface area contributed by atoms with E-state index in [1.807, 2.05) is 5.38 Å². The van der Waals surface area contributed by atoms with Crippen molar-refractivity contribution in [2.24, 2.45) is 0 Å². The van der Waals surface area contributed by atoms with Crippen LogP contribution in [0, 0.1) is 0 Å². The van der Waals surface area contributed by atoms with Crippen LogP contribution < -0.4 is 0 Å². The summed E-state index contributed by atoms with van der Waals surface area (Å²) in [6.45, 7) is 0. The van der Waals surface area contributed by atoms with Crippen molar-refractivity contribution in [3.63, 3.8) is 0 Å². The van der Waals surface area contributed by atoms with E-state index in [1.54, 1.807) is 11.4 Å². The van der Waals surface area contributed by atoms with Gasteiger partial charge in [-0.05, 0) is 11.4 Å². The van der Waals surface area contributed by atoms with E-state index in [2.05, 4.69) is 0 Å². The smallest absolute Gasteiger partial charge is 0.175 e. The highest BCUT2D eigenvalue weighted by atomic mass is 32.1. The molecule has 1 rings (SSSR count). The predicted molar refractivity (Wildman–Crippen MR) is 34.4 cm³/mol. The van der Waals surface area contributed by atoms with Crippen molar-refractivity contribution >= 4 is 24.9 Å². The Kier molecular flexibility index (Phi) is 1.49. The van der Waals surface area contributed by atoms with Crippen LogP contribution in [0.25, 0.3) is 0 Å². The first kappa shape index (κ1) is 5.57. The van der Waals surface area contributed by atoms with Gasteiger partial charge >= 0.3 is 0 Å². The van der Waals surface area contributed by atoms with E-state index in [0.29, 0.717) is 5.56 Å². The van der Waals surface area contributed by atoms with E-state index in [0.717, 1.165) is 0 Å². The average molecular weight is 122 g/mol. The van der Waals surface area contributed by atoms with Gasteiger partial charge in [0, 0.05) is 10.9 Å². The molecular formula is C5H3BOS. The monoisotopic (exact) mass is 122 g/mol. The fourth-order valence-electron chi connectivity index (χ4n) is 0.405. The number of thiophene rings is 1. The highest BCUT2D eigenvalue weighted by Crippen LogP contribution is 2.04. The molecule has 0 atom stereocenters. The van der Waals surface area contributed by atoms with Gasteiger partial charge in [0.15, 0.2) is 7.85 Å². The summed E-state index contributed by atoms with van der Waals surface area (Å²) in [5, 5.41) is 3.54. The molecule has 0 bridgehead atoms. The number of hydrogen-bond donors (Lipinski definition) is 0. The fraction of sp³-hybridized carbons (Fsp3) is 0. The molecule has 0 amide bonds. The third-order valence-electron chi connectivity index (χ3n) is 0.806.